The van der Waals surface area contributed by atoms with Crippen molar-refractivity contribution in [2.24, 2.45) is 10.9 Å². The van der Waals surface area contributed by atoms with E-state index in [2.05, 4.69) is 63.5 Å². The van der Waals surface area contributed by atoms with Gasteiger partial charge < -0.3 is 10.6 Å². The van der Waals surface area contributed by atoms with E-state index in [1.54, 1.807) is 7.05 Å². The second kappa shape index (κ2) is 14.2. The minimum atomic E-state index is -3.23. The zero-order valence-corrected chi connectivity index (χ0v) is 21.6. The number of sulfonamides is 1. The Hall–Kier alpha value is -0.910. The Morgan fingerprint density at radius 1 is 1.20 bits per heavy atom. The summed E-state index contributed by atoms with van der Waals surface area (Å²) in [6.07, 6.45) is 4.45. The van der Waals surface area contributed by atoms with Crippen LogP contribution in [0.4, 0.5) is 0 Å². The maximum absolute atomic E-state index is 12.1. The van der Waals surface area contributed by atoms with Gasteiger partial charge in [-0.15, -0.1) is 24.0 Å². The molecule has 0 heterocycles. The molecule has 9 heteroatoms. The lowest BCUT2D eigenvalue weighted by atomic mass is 9.86. The first-order chi connectivity index (χ1) is 13.9. The Labute approximate surface area is 199 Å². The molecule has 3 N–H and O–H groups in total. The summed E-state index contributed by atoms with van der Waals surface area (Å²) in [6.45, 7) is 4.81. The summed E-state index contributed by atoms with van der Waals surface area (Å²) >= 11 is 0. The number of nitrogens with one attached hydrogen (secondary N) is 3. The summed E-state index contributed by atoms with van der Waals surface area (Å²) < 4.78 is 26.8. The summed E-state index contributed by atoms with van der Waals surface area (Å²) in [4.78, 5) is 6.51. The fourth-order valence-electron chi connectivity index (χ4n) is 3.19. The summed E-state index contributed by atoms with van der Waals surface area (Å²) in [7, 11) is 0.596. The normalized spacial score (nSPS) is 15.9. The number of aliphatic imine (C=N–C) groups is 1. The van der Waals surface area contributed by atoms with Crippen LogP contribution in [0.1, 0.15) is 38.2 Å². The molecular formula is C21H38IN5O2S. The first-order valence-corrected chi connectivity index (χ1v) is 12.2. The SMILES string of the molecule is CN=C(NCCC(C)N(C)Cc1ccccc1)NCCS(=O)(=O)NCC1CCC1.I. The smallest absolute Gasteiger partial charge is 0.213 e. The second-order valence-corrected chi connectivity index (χ2v) is 9.85. The number of guanidine groups is 1. The van der Waals surface area contributed by atoms with E-state index in [9.17, 15) is 8.42 Å². The fraction of sp³-hybridized carbons (Fsp3) is 0.667. The van der Waals surface area contributed by atoms with Crippen LogP contribution in [0.2, 0.25) is 0 Å². The van der Waals surface area contributed by atoms with Gasteiger partial charge in [-0.05, 0) is 44.7 Å². The second-order valence-electron chi connectivity index (χ2n) is 7.93. The highest BCUT2D eigenvalue weighted by molar-refractivity contribution is 14.0. The van der Waals surface area contributed by atoms with Crippen LogP contribution in [0.5, 0.6) is 0 Å². The fourth-order valence-corrected chi connectivity index (χ4v) is 4.19. The first-order valence-electron chi connectivity index (χ1n) is 10.6. The number of benzene rings is 1. The van der Waals surface area contributed by atoms with E-state index in [0.717, 1.165) is 32.4 Å². The largest absolute Gasteiger partial charge is 0.356 e. The molecule has 1 fully saturated rings. The van der Waals surface area contributed by atoms with Gasteiger partial charge in [-0.3, -0.25) is 9.89 Å². The molecule has 2 rings (SSSR count). The van der Waals surface area contributed by atoms with Gasteiger partial charge in [0, 0.05) is 39.3 Å². The number of hydrogen-bond acceptors (Lipinski definition) is 4. The minimum Gasteiger partial charge on any atom is -0.356 e. The zero-order chi connectivity index (χ0) is 21.1. The van der Waals surface area contributed by atoms with Crippen molar-refractivity contribution in [3.63, 3.8) is 0 Å². The monoisotopic (exact) mass is 551 g/mol. The predicted molar refractivity (Wildman–Crippen MR) is 136 cm³/mol. The van der Waals surface area contributed by atoms with Crippen LogP contribution in [0.25, 0.3) is 0 Å². The van der Waals surface area contributed by atoms with Crippen molar-refractivity contribution >= 4 is 40.0 Å². The van der Waals surface area contributed by atoms with Gasteiger partial charge in [-0.25, -0.2) is 13.1 Å². The van der Waals surface area contributed by atoms with E-state index < -0.39 is 10.0 Å². The Morgan fingerprint density at radius 2 is 1.87 bits per heavy atom. The van der Waals surface area contributed by atoms with Gasteiger partial charge in [0.25, 0.3) is 0 Å². The lowest BCUT2D eigenvalue weighted by Crippen LogP contribution is -2.43. The predicted octanol–water partition coefficient (Wildman–Crippen LogP) is 2.40. The van der Waals surface area contributed by atoms with Gasteiger partial charge >= 0.3 is 0 Å². The van der Waals surface area contributed by atoms with Crippen molar-refractivity contribution in [2.45, 2.75) is 45.2 Å². The Bertz CT molecular complexity index is 726. The van der Waals surface area contributed by atoms with Crippen molar-refractivity contribution < 1.29 is 8.42 Å². The van der Waals surface area contributed by atoms with Crippen molar-refractivity contribution in [3.8, 4) is 0 Å². The van der Waals surface area contributed by atoms with E-state index in [1.807, 2.05) is 6.07 Å². The van der Waals surface area contributed by atoms with E-state index in [0.29, 0.717) is 31.0 Å². The Morgan fingerprint density at radius 3 is 2.47 bits per heavy atom. The molecule has 1 aliphatic rings. The van der Waals surface area contributed by atoms with Crippen LogP contribution in [-0.4, -0.2) is 64.8 Å². The maximum Gasteiger partial charge on any atom is 0.213 e. The molecule has 1 atom stereocenters. The molecule has 0 saturated heterocycles. The van der Waals surface area contributed by atoms with E-state index in [-0.39, 0.29) is 29.7 Å². The highest BCUT2D eigenvalue weighted by Crippen LogP contribution is 2.25. The topological polar surface area (TPSA) is 85.8 Å². The van der Waals surface area contributed by atoms with E-state index in [1.165, 1.54) is 12.0 Å². The van der Waals surface area contributed by atoms with Crippen LogP contribution < -0.4 is 15.4 Å². The zero-order valence-electron chi connectivity index (χ0n) is 18.4. The molecule has 1 aromatic carbocycles. The van der Waals surface area contributed by atoms with Crippen molar-refractivity contribution in [1.82, 2.24) is 20.3 Å². The average molecular weight is 552 g/mol. The van der Waals surface area contributed by atoms with Crippen molar-refractivity contribution in [1.29, 1.82) is 0 Å². The van der Waals surface area contributed by atoms with Gasteiger partial charge in [-0.1, -0.05) is 36.8 Å². The minimum absolute atomic E-state index is 0. The molecule has 0 radical (unpaired) electrons. The number of rotatable bonds is 12. The molecule has 172 valence electrons. The van der Waals surface area contributed by atoms with Gasteiger partial charge in [-0.2, -0.15) is 0 Å². The van der Waals surface area contributed by atoms with Gasteiger partial charge in [0.05, 0.1) is 5.75 Å². The molecule has 1 saturated carbocycles. The standard InChI is InChI=1S/C21H37N5O2S.HI/c1-18(26(3)17-20-8-5-4-6-9-20)12-13-23-21(22-2)24-14-15-29(27,28)25-16-19-10-7-11-19;/h4-6,8-9,18-19,25H,7,10-17H2,1-3H3,(H2,22,23,24);1H. The lowest BCUT2D eigenvalue weighted by molar-refractivity contribution is 0.238. The highest BCUT2D eigenvalue weighted by atomic mass is 127. The number of hydrogen-bond donors (Lipinski definition) is 3. The molecule has 0 aliphatic heterocycles. The molecule has 0 amide bonds. The molecule has 0 bridgehead atoms. The van der Waals surface area contributed by atoms with Crippen LogP contribution >= 0.6 is 24.0 Å². The highest BCUT2D eigenvalue weighted by Gasteiger charge is 2.20. The third-order valence-corrected chi connectivity index (χ3v) is 6.93. The van der Waals surface area contributed by atoms with Crippen LogP contribution in [0, 0.1) is 5.92 Å². The Balaban J connectivity index is 0.00000450. The van der Waals surface area contributed by atoms with Gasteiger partial charge in [0.2, 0.25) is 10.0 Å². The lowest BCUT2D eigenvalue weighted by Gasteiger charge is -2.25. The van der Waals surface area contributed by atoms with Crippen LogP contribution in [0.15, 0.2) is 35.3 Å². The molecule has 0 aromatic heterocycles. The molecule has 1 aliphatic carbocycles. The summed E-state index contributed by atoms with van der Waals surface area (Å²) in [5.41, 5.74) is 1.31. The molecule has 1 aromatic rings. The van der Waals surface area contributed by atoms with Gasteiger partial charge in [0.1, 0.15) is 0 Å². The maximum atomic E-state index is 12.1. The summed E-state index contributed by atoms with van der Waals surface area (Å²) in [6, 6.07) is 10.9. The molecule has 7 nitrogen and oxygen atoms in total. The third kappa shape index (κ3) is 10.4. The van der Waals surface area contributed by atoms with Crippen LogP contribution in [0.3, 0.4) is 0 Å². The summed E-state index contributed by atoms with van der Waals surface area (Å²) in [5.74, 6) is 1.21. The van der Waals surface area contributed by atoms with Gasteiger partial charge in [0.15, 0.2) is 5.96 Å². The average Bonchev–Trinajstić information content (AvgIpc) is 2.66. The molecule has 30 heavy (non-hydrogen) atoms. The first kappa shape index (κ1) is 27.1. The third-order valence-electron chi connectivity index (χ3n) is 5.59. The van der Waals surface area contributed by atoms with Crippen LogP contribution in [-0.2, 0) is 16.6 Å². The quantitative estimate of drug-likeness (QED) is 0.211. The van der Waals surface area contributed by atoms with Crippen molar-refractivity contribution in [3.05, 3.63) is 35.9 Å². The van der Waals surface area contributed by atoms with E-state index >= 15 is 0 Å². The molecule has 0 spiro atoms. The Kier molecular flexibility index (Phi) is 12.8. The molecular weight excluding hydrogens is 513 g/mol. The number of halogens is 1. The van der Waals surface area contributed by atoms with Crippen molar-refractivity contribution in [2.75, 3.05) is 39.5 Å². The molecule has 1 unspecified atom stereocenters. The van der Waals surface area contributed by atoms with E-state index in [4.69, 9.17) is 0 Å². The number of nitrogens with zero attached hydrogens (tertiary/aromatic N) is 2. The summed E-state index contributed by atoms with van der Waals surface area (Å²) in [5, 5.41) is 6.36.